The lowest BCUT2D eigenvalue weighted by Crippen LogP contribution is -2.37. The first-order valence-electron chi connectivity index (χ1n) is 4.75. The summed E-state index contributed by atoms with van der Waals surface area (Å²) >= 11 is 0. The van der Waals surface area contributed by atoms with Gasteiger partial charge in [0.2, 0.25) is 0 Å². The Morgan fingerprint density at radius 3 is 1.79 bits per heavy atom. The zero-order valence-corrected chi connectivity index (χ0v) is 9.93. The van der Waals surface area contributed by atoms with Crippen LogP contribution in [0.25, 0.3) is 0 Å². The van der Waals surface area contributed by atoms with Crippen LogP contribution in [-0.2, 0) is 14.3 Å². The quantitative estimate of drug-likeness (QED) is 0.697. The van der Waals surface area contributed by atoms with Gasteiger partial charge in [-0.25, -0.2) is 0 Å². The molecule has 0 spiro atoms. The molecule has 0 aromatic rings. The van der Waals surface area contributed by atoms with Gasteiger partial charge in [-0.1, -0.05) is 20.8 Å². The van der Waals surface area contributed by atoms with Gasteiger partial charge in [0.1, 0.15) is 12.2 Å². The summed E-state index contributed by atoms with van der Waals surface area (Å²) in [5.74, 6) is -0.0639. The molecule has 0 heterocycles. The normalized spacial score (nSPS) is 12.7. The zero-order valence-electron chi connectivity index (χ0n) is 9.93. The second-order valence-electron chi connectivity index (χ2n) is 5.03. The van der Waals surface area contributed by atoms with Crippen molar-refractivity contribution in [1.82, 2.24) is 0 Å². The van der Waals surface area contributed by atoms with Crippen molar-refractivity contribution in [3.8, 4) is 0 Å². The van der Waals surface area contributed by atoms with Gasteiger partial charge in [-0.3, -0.25) is 9.59 Å². The molecule has 3 nitrogen and oxygen atoms in total. The highest BCUT2D eigenvalue weighted by molar-refractivity contribution is 5.87. The molecule has 82 valence electrons. The fourth-order valence-electron chi connectivity index (χ4n) is 0.564. The standard InChI is InChI=1S/C11H20O3/c1-8(12)11(5,6)14-7-9(13)10(2,3)4/h7H2,1-6H3. The van der Waals surface area contributed by atoms with Gasteiger partial charge >= 0.3 is 0 Å². The van der Waals surface area contributed by atoms with Crippen molar-refractivity contribution < 1.29 is 14.3 Å². The van der Waals surface area contributed by atoms with Crippen LogP contribution in [-0.4, -0.2) is 23.8 Å². The number of ether oxygens (including phenoxy) is 1. The average Bonchev–Trinajstić information content (AvgIpc) is 1.98. The van der Waals surface area contributed by atoms with Gasteiger partial charge in [-0.2, -0.15) is 0 Å². The van der Waals surface area contributed by atoms with E-state index in [1.807, 2.05) is 20.8 Å². The summed E-state index contributed by atoms with van der Waals surface area (Å²) in [4.78, 5) is 22.6. The lowest BCUT2D eigenvalue weighted by molar-refractivity contribution is -0.146. The molecule has 0 saturated carbocycles. The summed E-state index contributed by atoms with van der Waals surface area (Å²) in [5.41, 5.74) is -1.27. The van der Waals surface area contributed by atoms with Crippen molar-refractivity contribution in [3.63, 3.8) is 0 Å². The fraction of sp³-hybridized carbons (Fsp3) is 0.818. The van der Waals surface area contributed by atoms with Crippen molar-refractivity contribution in [2.24, 2.45) is 5.41 Å². The van der Waals surface area contributed by atoms with Crippen LogP contribution in [0.5, 0.6) is 0 Å². The first-order chi connectivity index (χ1) is 6.07. The Balaban J connectivity index is 4.21. The van der Waals surface area contributed by atoms with Gasteiger partial charge in [0.25, 0.3) is 0 Å². The van der Waals surface area contributed by atoms with Gasteiger partial charge in [0.05, 0.1) is 0 Å². The van der Waals surface area contributed by atoms with E-state index in [1.54, 1.807) is 13.8 Å². The van der Waals surface area contributed by atoms with E-state index in [9.17, 15) is 9.59 Å². The van der Waals surface area contributed by atoms with Gasteiger partial charge < -0.3 is 4.74 Å². The molecule has 0 fully saturated rings. The lowest BCUT2D eigenvalue weighted by atomic mass is 9.91. The molecule has 0 aliphatic heterocycles. The highest BCUT2D eigenvalue weighted by atomic mass is 16.5. The number of ketones is 2. The van der Waals surface area contributed by atoms with Crippen molar-refractivity contribution in [1.29, 1.82) is 0 Å². The van der Waals surface area contributed by atoms with Crippen LogP contribution in [0.1, 0.15) is 41.5 Å². The molecular weight excluding hydrogens is 180 g/mol. The third-order valence-corrected chi connectivity index (χ3v) is 2.25. The van der Waals surface area contributed by atoms with E-state index in [1.165, 1.54) is 6.92 Å². The van der Waals surface area contributed by atoms with Crippen LogP contribution in [0.2, 0.25) is 0 Å². The number of rotatable bonds is 4. The maximum absolute atomic E-state index is 11.5. The predicted molar refractivity (Wildman–Crippen MR) is 55.2 cm³/mol. The Bertz CT molecular complexity index is 233. The summed E-state index contributed by atoms with van der Waals surface area (Å²) in [5, 5.41) is 0. The number of carbonyl (C=O) groups excluding carboxylic acids is 2. The Kier molecular flexibility index (Phi) is 4.01. The van der Waals surface area contributed by atoms with Crippen LogP contribution in [0.15, 0.2) is 0 Å². The molecule has 0 saturated heterocycles. The van der Waals surface area contributed by atoms with Crippen LogP contribution in [0.4, 0.5) is 0 Å². The molecule has 0 unspecified atom stereocenters. The molecule has 3 heteroatoms. The summed E-state index contributed by atoms with van der Waals surface area (Å²) in [6.07, 6.45) is 0. The molecular formula is C11H20O3. The molecule has 0 rings (SSSR count). The molecule has 0 aliphatic carbocycles. The van der Waals surface area contributed by atoms with E-state index >= 15 is 0 Å². The monoisotopic (exact) mass is 200 g/mol. The maximum Gasteiger partial charge on any atom is 0.163 e. The predicted octanol–water partition coefficient (Wildman–Crippen LogP) is 1.99. The highest BCUT2D eigenvalue weighted by Gasteiger charge is 2.28. The molecule has 0 atom stereocenters. The van der Waals surface area contributed by atoms with E-state index in [4.69, 9.17) is 4.74 Å². The minimum Gasteiger partial charge on any atom is -0.360 e. The lowest BCUT2D eigenvalue weighted by Gasteiger charge is -2.24. The summed E-state index contributed by atoms with van der Waals surface area (Å²) in [7, 11) is 0. The second-order valence-corrected chi connectivity index (χ2v) is 5.03. The van der Waals surface area contributed by atoms with E-state index in [0.29, 0.717) is 0 Å². The molecule has 0 aliphatic rings. The van der Waals surface area contributed by atoms with E-state index in [2.05, 4.69) is 0 Å². The first kappa shape index (κ1) is 13.3. The molecule has 0 radical (unpaired) electrons. The third kappa shape index (κ3) is 4.01. The largest absolute Gasteiger partial charge is 0.360 e. The topological polar surface area (TPSA) is 43.4 Å². The van der Waals surface area contributed by atoms with Gasteiger partial charge in [-0.05, 0) is 20.8 Å². The zero-order chi connectivity index (χ0) is 11.6. The van der Waals surface area contributed by atoms with Gasteiger partial charge in [0, 0.05) is 5.41 Å². The Morgan fingerprint density at radius 2 is 1.50 bits per heavy atom. The number of carbonyl (C=O) groups is 2. The smallest absolute Gasteiger partial charge is 0.163 e. The molecule has 0 aromatic heterocycles. The SMILES string of the molecule is CC(=O)C(C)(C)OCC(=O)C(C)(C)C. The fourth-order valence-corrected chi connectivity index (χ4v) is 0.564. The van der Waals surface area contributed by atoms with Crippen molar-refractivity contribution in [2.45, 2.75) is 47.1 Å². The van der Waals surface area contributed by atoms with Crippen LogP contribution in [0.3, 0.4) is 0 Å². The number of Topliss-reactive ketones (excluding diaryl/α,β-unsaturated/α-hetero) is 2. The van der Waals surface area contributed by atoms with Gasteiger partial charge in [-0.15, -0.1) is 0 Å². The molecule has 14 heavy (non-hydrogen) atoms. The highest BCUT2D eigenvalue weighted by Crippen LogP contribution is 2.17. The third-order valence-electron chi connectivity index (χ3n) is 2.25. The van der Waals surface area contributed by atoms with E-state index in [0.717, 1.165) is 0 Å². The summed E-state index contributed by atoms with van der Waals surface area (Å²) < 4.78 is 5.28. The molecule has 0 aromatic carbocycles. The van der Waals surface area contributed by atoms with Crippen LogP contribution < -0.4 is 0 Å². The van der Waals surface area contributed by atoms with Crippen LogP contribution >= 0.6 is 0 Å². The van der Waals surface area contributed by atoms with Crippen molar-refractivity contribution in [2.75, 3.05) is 6.61 Å². The second kappa shape index (κ2) is 4.22. The summed E-state index contributed by atoms with van der Waals surface area (Å²) in [6.45, 7) is 10.3. The minimum atomic E-state index is -0.860. The minimum absolute atomic E-state index is 0.00389. The van der Waals surface area contributed by atoms with Crippen molar-refractivity contribution in [3.05, 3.63) is 0 Å². The Morgan fingerprint density at radius 1 is 1.07 bits per heavy atom. The van der Waals surface area contributed by atoms with Gasteiger partial charge in [0.15, 0.2) is 11.6 Å². The Hall–Kier alpha value is -0.700. The van der Waals surface area contributed by atoms with E-state index < -0.39 is 11.0 Å². The molecule has 0 N–H and O–H groups in total. The number of hydrogen-bond acceptors (Lipinski definition) is 3. The average molecular weight is 200 g/mol. The Labute approximate surface area is 85.8 Å². The molecule has 0 amide bonds. The number of hydrogen-bond donors (Lipinski definition) is 0. The van der Waals surface area contributed by atoms with Crippen molar-refractivity contribution >= 4 is 11.6 Å². The van der Waals surface area contributed by atoms with Crippen LogP contribution in [0, 0.1) is 5.41 Å². The molecule has 0 bridgehead atoms. The maximum atomic E-state index is 11.5. The summed E-state index contributed by atoms with van der Waals surface area (Å²) in [6, 6.07) is 0. The first-order valence-corrected chi connectivity index (χ1v) is 4.75. The van der Waals surface area contributed by atoms with E-state index in [-0.39, 0.29) is 18.2 Å².